The number of rotatable bonds is 7. The first-order valence-corrected chi connectivity index (χ1v) is 10.7. The molecule has 0 saturated carbocycles. The molecule has 32 heavy (non-hydrogen) atoms. The predicted octanol–water partition coefficient (Wildman–Crippen LogP) is 4.17. The Morgan fingerprint density at radius 3 is 2.25 bits per heavy atom. The highest BCUT2D eigenvalue weighted by Gasteiger charge is 2.07. The van der Waals surface area contributed by atoms with Gasteiger partial charge in [-0.25, -0.2) is 9.67 Å². The lowest BCUT2D eigenvalue weighted by atomic mass is 9.98. The molecule has 0 radical (unpaired) electrons. The fourth-order valence-electron chi connectivity index (χ4n) is 3.63. The summed E-state index contributed by atoms with van der Waals surface area (Å²) in [5.74, 6) is 0.784. The van der Waals surface area contributed by atoms with Gasteiger partial charge in [-0.2, -0.15) is 5.10 Å². The lowest BCUT2D eigenvalue weighted by Crippen LogP contribution is -2.36. The van der Waals surface area contributed by atoms with Crippen molar-refractivity contribution in [1.29, 1.82) is 0 Å². The maximum Gasteiger partial charge on any atom is 0.191 e. The molecule has 1 heterocycles. The monoisotopic (exact) mass is 424 g/mol. The maximum atomic E-state index is 4.38. The normalized spacial score (nSPS) is 11.4. The fourth-order valence-corrected chi connectivity index (χ4v) is 3.63. The van der Waals surface area contributed by atoms with E-state index in [0.29, 0.717) is 13.1 Å². The fraction of sp³-hybridized carbons (Fsp3) is 0.192. The molecule has 0 spiro atoms. The molecule has 0 saturated heterocycles. The molecule has 0 bridgehead atoms. The lowest BCUT2D eigenvalue weighted by molar-refractivity contribution is 0.685. The van der Waals surface area contributed by atoms with Crippen LogP contribution in [-0.2, 0) is 19.6 Å². The minimum atomic E-state index is 0.685. The first kappa shape index (κ1) is 21.3. The molecule has 4 aromatic rings. The van der Waals surface area contributed by atoms with Gasteiger partial charge in [0, 0.05) is 20.1 Å². The molecule has 0 aliphatic heterocycles. The van der Waals surface area contributed by atoms with Crippen molar-refractivity contribution < 1.29 is 0 Å². The van der Waals surface area contributed by atoms with Gasteiger partial charge in [-0.05, 0) is 40.3 Å². The Bertz CT molecular complexity index is 1160. The standard InChI is InChI=1S/C26H28N6/c1-20-7-3-4-8-23(20)15-29-26(27-2)30-16-24-9-5-6-10-25(24)22-13-11-21(12-14-22)17-32-19-28-18-31-32/h3-14,18-19H,15-17H2,1-2H3,(H2,27,29,30). The van der Waals surface area contributed by atoms with E-state index in [1.165, 1.54) is 33.4 Å². The zero-order chi connectivity index (χ0) is 22.2. The van der Waals surface area contributed by atoms with E-state index in [1.54, 1.807) is 19.7 Å². The van der Waals surface area contributed by atoms with Crippen LogP contribution in [0.1, 0.15) is 22.3 Å². The largest absolute Gasteiger partial charge is 0.352 e. The molecular formula is C26H28N6. The molecular weight excluding hydrogens is 396 g/mol. The minimum Gasteiger partial charge on any atom is -0.352 e. The number of benzene rings is 3. The third kappa shape index (κ3) is 5.40. The molecule has 0 aliphatic carbocycles. The van der Waals surface area contributed by atoms with E-state index in [4.69, 9.17) is 0 Å². The molecule has 3 aromatic carbocycles. The summed E-state index contributed by atoms with van der Waals surface area (Å²) in [4.78, 5) is 8.38. The Hall–Kier alpha value is -3.93. The van der Waals surface area contributed by atoms with Crippen LogP contribution in [0, 0.1) is 6.92 Å². The smallest absolute Gasteiger partial charge is 0.191 e. The third-order valence-electron chi connectivity index (χ3n) is 5.47. The van der Waals surface area contributed by atoms with Crippen molar-refractivity contribution in [3.05, 3.63) is 108 Å². The van der Waals surface area contributed by atoms with Crippen LogP contribution in [-0.4, -0.2) is 27.8 Å². The number of guanidine groups is 1. The van der Waals surface area contributed by atoms with Gasteiger partial charge >= 0.3 is 0 Å². The molecule has 0 atom stereocenters. The van der Waals surface area contributed by atoms with E-state index in [2.05, 4.69) is 105 Å². The molecule has 6 heteroatoms. The molecule has 0 unspecified atom stereocenters. The Morgan fingerprint density at radius 2 is 1.56 bits per heavy atom. The van der Waals surface area contributed by atoms with Crippen LogP contribution in [0.15, 0.2) is 90.4 Å². The summed E-state index contributed by atoms with van der Waals surface area (Å²) in [6, 6.07) is 25.5. The van der Waals surface area contributed by atoms with E-state index >= 15 is 0 Å². The van der Waals surface area contributed by atoms with Crippen molar-refractivity contribution in [2.45, 2.75) is 26.6 Å². The first-order chi connectivity index (χ1) is 15.7. The number of aromatic nitrogens is 3. The first-order valence-electron chi connectivity index (χ1n) is 10.7. The topological polar surface area (TPSA) is 67.1 Å². The van der Waals surface area contributed by atoms with Crippen LogP contribution in [0.3, 0.4) is 0 Å². The van der Waals surface area contributed by atoms with E-state index in [0.717, 1.165) is 12.5 Å². The van der Waals surface area contributed by atoms with Crippen LogP contribution in [0.4, 0.5) is 0 Å². The van der Waals surface area contributed by atoms with Crippen molar-refractivity contribution in [2.75, 3.05) is 7.05 Å². The van der Waals surface area contributed by atoms with Gasteiger partial charge in [0.15, 0.2) is 5.96 Å². The highest BCUT2D eigenvalue weighted by Crippen LogP contribution is 2.24. The Kier molecular flexibility index (Phi) is 6.92. The summed E-state index contributed by atoms with van der Waals surface area (Å²) in [6.07, 6.45) is 3.29. The van der Waals surface area contributed by atoms with Crippen molar-refractivity contribution in [3.8, 4) is 11.1 Å². The van der Waals surface area contributed by atoms with Crippen molar-refractivity contribution in [3.63, 3.8) is 0 Å². The van der Waals surface area contributed by atoms with Gasteiger partial charge in [-0.1, -0.05) is 72.8 Å². The Balaban J connectivity index is 1.41. The van der Waals surface area contributed by atoms with Gasteiger partial charge < -0.3 is 10.6 Å². The van der Waals surface area contributed by atoms with Crippen molar-refractivity contribution in [1.82, 2.24) is 25.4 Å². The number of hydrogen-bond acceptors (Lipinski definition) is 3. The summed E-state index contributed by atoms with van der Waals surface area (Å²) in [7, 11) is 1.80. The molecule has 162 valence electrons. The molecule has 0 amide bonds. The number of hydrogen-bond donors (Lipinski definition) is 2. The number of nitrogens with one attached hydrogen (secondary N) is 2. The highest BCUT2D eigenvalue weighted by atomic mass is 15.3. The SMILES string of the molecule is CN=C(NCc1ccccc1C)NCc1ccccc1-c1ccc(Cn2cncn2)cc1. The Labute approximate surface area is 189 Å². The van der Waals surface area contributed by atoms with E-state index in [-0.39, 0.29) is 0 Å². The van der Waals surface area contributed by atoms with Crippen LogP contribution < -0.4 is 10.6 Å². The molecule has 0 fully saturated rings. The molecule has 1 aromatic heterocycles. The zero-order valence-electron chi connectivity index (χ0n) is 18.5. The number of aryl methyl sites for hydroxylation is 1. The van der Waals surface area contributed by atoms with Crippen LogP contribution >= 0.6 is 0 Å². The predicted molar refractivity (Wildman–Crippen MR) is 129 cm³/mol. The molecule has 2 N–H and O–H groups in total. The summed E-state index contributed by atoms with van der Waals surface area (Å²) < 4.78 is 1.82. The second-order valence-electron chi connectivity index (χ2n) is 7.65. The van der Waals surface area contributed by atoms with E-state index in [9.17, 15) is 0 Å². The van der Waals surface area contributed by atoms with Crippen LogP contribution in [0.2, 0.25) is 0 Å². The second kappa shape index (κ2) is 10.4. The number of aliphatic imine (C=N–C) groups is 1. The quantitative estimate of drug-likeness (QED) is 0.345. The van der Waals surface area contributed by atoms with E-state index in [1.807, 2.05) is 4.68 Å². The average Bonchev–Trinajstić information content (AvgIpc) is 3.34. The average molecular weight is 425 g/mol. The molecule has 0 aliphatic rings. The van der Waals surface area contributed by atoms with E-state index < -0.39 is 0 Å². The van der Waals surface area contributed by atoms with Gasteiger partial charge in [0.1, 0.15) is 12.7 Å². The van der Waals surface area contributed by atoms with Gasteiger partial charge in [-0.15, -0.1) is 0 Å². The van der Waals surface area contributed by atoms with Crippen molar-refractivity contribution in [2.24, 2.45) is 4.99 Å². The van der Waals surface area contributed by atoms with Gasteiger partial charge in [0.25, 0.3) is 0 Å². The van der Waals surface area contributed by atoms with Crippen LogP contribution in [0.25, 0.3) is 11.1 Å². The lowest BCUT2D eigenvalue weighted by Gasteiger charge is -2.15. The third-order valence-corrected chi connectivity index (χ3v) is 5.47. The Morgan fingerprint density at radius 1 is 0.875 bits per heavy atom. The zero-order valence-corrected chi connectivity index (χ0v) is 18.5. The second-order valence-corrected chi connectivity index (χ2v) is 7.65. The summed E-state index contributed by atoms with van der Waals surface area (Å²) >= 11 is 0. The molecule has 6 nitrogen and oxygen atoms in total. The van der Waals surface area contributed by atoms with Gasteiger partial charge in [0.2, 0.25) is 0 Å². The molecule has 4 rings (SSSR count). The minimum absolute atomic E-state index is 0.685. The van der Waals surface area contributed by atoms with Crippen LogP contribution in [0.5, 0.6) is 0 Å². The van der Waals surface area contributed by atoms with Gasteiger partial charge in [-0.3, -0.25) is 4.99 Å². The maximum absolute atomic E-state index is 4.38. The summed E-state index contributed by atoms with van der Waals surface area (Å²) in [5.41, 5.74) is 7.34. The summed E-state index contributed by atoms with van der Waals surface area (Å²) in [6.45, 7) is 4.26. The van der Waals surface area contributed by atoms with Gasteiger partial charge in [0.05, 0.1) is 6.54 Å². The van der Waals surface area contributed by atoms with Crippen molar-refractivity contribution >= 4 is 5.96 Å². The number of nitrogens with zero attached hydrogens (tertiary/aromatic N) is 4. The summed E-state index contributed by atoms with van der Waals surface area (Å²) in [5, 5.41) is 11.0. The highest BCUT2D eigenvalue weighted by molar-refractivity contribution is 5.80.